The summed E-state index contributed by atoms with van der Waals surface area (Å²) in [5, 5.41) is 0.836. The molecular weight excluding hydrogens is 278 g/mol. The second-order valence-corrected chi connectivity index (χ2v) is 6.93. The summed E-state index contributed by atoms with van der Waals surface area (Å²) in [6, 6.07) is 8.42. The van der Waals surface area contributed by atoms with Crippen molar-refractivity contribution in [1.29, 1.82) is 0 Å². The predicted molar refractivity (Wildman–Crippen MR) is 90.9 cm³/mol. The van der Waals surface area contributed by atoms with Gasteiger partial charge in [0, 0.05) is 11.6 Å². The Morgan fingerprint density at radius 1 is 1.14 bits per heavy atom. The first kappa shape index (κ1) is 14.9. The van der Waals surface area contributed by atoms with Gasteiger partial charge in [0.25, 0.3) is 0 Å². The van der Waals surface area contributed by atoms with Crippen LogP contribution >= 0.6 is 11.6 Å². The Balaban J connectivity index is 1.52. The molecule has 1 atom stereocenters. The fraction of sp³-hybridized carbons (Fsp3) is 0.474. The van der Waals surface area contributed by atoms with E-state index in [-0.39, 0.29) is 0 Å². The van der Waals surface area contributed by atoms with Gasteiger partial charge >= 0.3 is 0 Å². The lowest BCUT2D eigenvalue weighted by Crippen LogP contribution is -2.34. The second kappa shape index (κ2) is 6.81. The molecule has 1 nitrogen and oxygen atoms in total. The van der Waals surface area contributed by atoms with Gasteiger partial charge < -0.3 is 0 Å². The van der Waals surface area contributed by atoms with Crippen molar-refractivity contribution in [1.82, 2.24) is 4.90 Å². The first-order chi connectivity index (χ1) is 10.2. The van der Waals surface area contributed by atoms with Gasteiger partial charge in [-0.05, 0) is 61.9 Å². The summed E-state index contributed by atoms with van der Waals surface area (Å²) in [5.74, 6) is 1.41. The quantitative estimate of drug-likeness (QED) is 0.756. The van der Waals surface area contributed by atoms with Gasteiger partial charge in [-0.2, -0.15) is 0 Å². The lowest BCUT2D eigenvalue weighted by Gasteiger charge is -2.33. The predicted octanol–water partition coefficient (Wildman–Crippen LogP) is 5.04. The minimum atomic E-state index is 0.705. The number of likely N-dealkylation sites (tertiary alicyclic amines) is 1. The van der Waals surface area contributed by atoms with Crippen LogP contribution in [0, 0.1) is 5.92 Å². The monoisotopic (exact) mass is 301 g/mol. The number of nitrogens with zero attached hydrogens (tertiary/aromatic N) is 1. The SMILES string of the molecule is CC1C=CC=C(CN2CCC(c3ccc(Cl)cc3)CC2)C1. The molecule has 2 aliphatic rings. The van der Waals surface area contributed by atoms with Gasteiger partial charge in [0.15, 0.2) is 0 Å². The summed E-state index contributed by atoms with van der Waals surface area (Å²) in [7, 11) is 0. The van der Waals surface area contributed by atoms with Gasteiger partial charge in [0.1, 0.15) is 0 Å². The van der Waals surface area contributed by atoms with Gasteiger partial charge in [-0.15, -0.1) is 0 Å². The molecule has 1 heterocycles. The molecule has 1 fully saturated rings. The maximum Gasteiger partial charge on any atom is 0.0406 e. The summed E-state index contributed by atoms with van der Waals surface area (Å²) in [5.41, 5.74) is 3.04. The molecule has 0 amide bonds. The third kappa shape index (κ3) is 3.99. The first-order valence-corrected chi connectivity index (χ1v) is 8.42. The largest absolute Gasteiger partial charge is 0.299 e. The zero-order valence-corrected chi connectivity index (χ0v) is 13.5. The van der Waals surface area contributed by atoms with Crippen LogP contribution in [0.4, 0.5) is 0 Å². The number of benzene rings is 1. The van der Waals surface area contributed by atoms with Crippen molar-refractivity contribution in [2.24, 2.45) is 5.92 Å². The Bertz CT molecular complexity index is 521. The highest BCUT2D eigenvalue weighted by Crippen LogP contribution is 2.29. The lowest BCUT2D eigenvalue weighted by atomic mass is 9.89. The van der Waals surface area contributed by atoms with E-state index in [0.29, 0.717) is 11.8 Å². The minimum Gasteiger partial charge on any atom is -0.299 e. The summed E-state index contributed by atoms with van der Waals surface area (Å²) in [6.45, 7) is 5.88. The van der Waals surface area contributed by atoms with Crippen molar-refractivity contribution >= 4 is 11.6 Å². The Morgan fingerprint density at radius 2 is 1.86 bits per heavy atom. The van der Waals surface area contributed by atoms with E-state index in [4.69, 9.17) is 11.6 Å². The Hall–Kier alpha value is -1.05. The van der Waals surface area contributed by atoms with E-state index in [1.54, 1.807) is 5.57 Å². The molecule has 0 N–H and O–H groups in total. The van der Waals surface area contributed by atoms with Crippen LogP contribution in [0.1, 0.15) is 37.7 Å². The second-order valence-electron chi connectivity index (χ2n) is 6.49. The lowest BCUT2D eigenvalue weighted by molar-refractivity contribution is 0.225. The number of hydrogen-bond donors (Lipinski definition) is 0. The molecule has 1 aromatic carbocycles. The highest BCUT2D eigenvalue weighted by Gasteiger charge is 2.21. The van der Waals surface area contributed by atoms with Crippen molar-refractivity contribution in [2.75, 3.05) is 19.6 Å². The molecular formula is C19H24ClN. The van der Waals surface area contributed by atoms with E-state index in [2.05, 4.69) is 42.2 Å². The van der Waals surface area contributed by atoms with E-state index in [1.807, 2.05) is 12.1 Å². The number of hydrogen-bond acceptors (Lipinski definition) is 1. The number of allylic oxidation sites excluding steroid dienone is 3. The van der Waals surface area contributed by atoms with Crippen molar-refractivity contribution in [3.05, 3.63) is 58.7 Å². The summed E-state index contributed by atoms with van der Waals surface area (Å²) < 4.78 is 0. The van der Waals surface area contributed by atoms with Gasteiger partial charge in [-0.25, -0.2) is 0 Å². The molecule has 1 aromatic rings. The van der Waals surface area contributed by atoms with Crippen molar-refractivity contribution < 1.29 is 0 Å². The van der Waals surface area contributed by atoms with Crippen LogP contribution in [0.3, 0.4) is 0 Å². The number of piperidine rings is 1. The molecule has 0 saturated carbocycles. The fourth-order valence-electron chi connectivity index (χ4n) is 3.49. The molecule has 3 rings (SSSR count). The fourth-order valence-corrected chi connectivity index (χ4v) is 3.62. The molecule has 0 spiro atoms. The van der Waals surface area contributed by atoms with Crippen LogP contribution < -0.4 is 0 Å². The van der Waals surface area contributed by atoms with Crippen LogP contribution in [0.15, 0.2) is 48.1 Å². The molecule has 0 bridgehead atoms. The molecule has 21 heavy (non-hydrogen) atoms. The average molecular weight is 302 g/mol. The van der Waals surface area contributed by atoms with Crippen molar-refractivity contribution in [2.45, 2.75) is 32.1 Å². The molecule has 1 saturated heterocycles. The highest BCUT2D eigenvalue weighted by atomic mass is 35.5. The average Bonchev–Trinajstić information content (AvgIpc) is 2.49. The molecule has 0 radical (unpaired) electrons. The summed E-state index contributed by atoms with van der Waals surface area (Å²) >= 11 is 5.97. The molecule has 112 valence electrons. The molecule has 2 heteroatoms. The molecule has 0 aromatic heterocycles. The smallest absolute Gasteiger partial charge is 0.0406 e. The number of rotatable bonds is 3. The zero-order chi connectivity index (χ0) is 14.7. The maximum atomic E-state index is 5.97. The van der Waals surface area contributed by atoms with Crippen LogP contribution in [0.5, 0.6) is 0 Å². The maximum absolute atomic E-state index is 5.97. The number of halogens is 1. The van der Waals surface area contributed by atoms with E-state index < -0.39 is 0 Å². The molecule has 1 aliphatic heterocycles. The standard InChI is InChI=1S/C19H24ClN/c1-15-3-2-4-16(13-15)14-21-11-9-18(10-12-21)17-5-7-19(20)8-6-17/h2-8,15,18H,9-14H2,1H3. The van der Waals surface area contributed by atoms with Crippen LogP contribution in [-0.2, 0) is 0 Å². The van der Waals surface area contributed by atoms with E-state index in [1.165, 1.54) is 37.9 Å². The van der Waals surface area contributed by atoms with Gasteiger partial charge in [0.05, 0.1) is 0 Å². The van der Waals surface area contributed by atoms with Crippen LogP contribution in [-0.4, -0.2) is 24.5 Å². The van der Waals surface area contributed by atoms with Gasteiger partial charge in [0.2, 0.25) is 0 Å². The normalized spacial score (nSPS) is 24.1. The highest BCUT2D eigenvalue weighted by molar-refractivity contribution is 6.30. The van der Waals surface area contributed by atoms with Gasteiger partial charge in [-0.3, -0.25) is 4.90 Å². The Labute approximate surface area is 133 Å². The van der Waals surface area contributed by atoms with E-state index >= 15 is 0 Å². The van der Waals surface area contributed by atoms with E-state index in [0.717, 1.165) is 11.6 Å². The van der Waals surface area contributed by atoms with Crippen LogP contribution in [0.25, 0.3) is 0 Å². The minimum absolute atomic E-state index is 0.705. The third-order valence-electron chi connectivity index (χ3n) is 4.71. The summed E-state index contributed by atoms with van der Waals surface area (Å²) in [6.07, 6.45) is 10.6. The van der Waals surface area contributed by atoms with Crippen LogP contribution in [0.2, 0.25) is 5.02 Å². The molecule has 1 unspecified atom stereocenters. The van der Waals surface area contributed by atoms with Crippen molar-refractivity contribution in [3.8, 4) is 0 Å². The van der Waals surface area contributed by atoms with Gasteiger partial charge in [-0.1, -0.05) is 54.5 Å². The first-order valence-electron chi connectivity index (χ1n) is 8.05. The topological polar surface area (TPSA) is 3.24 Å². The van der Waals surface area contributed by atoms with Crippen molar-refractivity contribution in [3.63, 3.8) is 0 Å². The Kier molecular flexibility index (Phi) is 4.82. The van der Waals surface area contributed by atoms with E-state index in [9.17, 15) is 0 Å². The third-order valence-corrected chi connectivity index (χ3v) is 4.96. The summed E-state index contributed by atoms with van der Waals surface area (Å²) in [4.78, 5) is 2.62. The Morgan fingerprint density at radius 3 is 2.52 bits per heavy atom. The molecule has 1 aliphatic carbocycles. The zero-order valence-electron chi connectivity index (χ0n) is 12.8.